The lowest BCUT2D eigenvalue weighted by Crippen LogP contribution is -2.51. The van der Waals surface area contributed by atoms with E-state index in [2.05, 4.69) is 10.1 Å². The zero-order chi connectivity index (χ0) is 19.2. The van der Waals surface area contributed by atoms with Crippen LogP contribution in [-0.4, -0.2) is 55.7 Å². The van der Waals surface area contributed by atoms with Gasteiger partial charge in [0.15, 0.2) is 11.4 Å². The first-order chi connectivity index (χ1) is 12.9. The Bertz CT molecular complexity index is 935. The van der Waals surface area contributed by atoms with Gasteiger partial charge in [-0.1, -0.05) is 6.42 Å². The second-order valence-electron chi connectivity index (χ2n) is 7.01. The highest BCUT2D eigenvalue weighted by Crippen LogP contribution is 2.41. The third kappa shape index (κ3) is 2.55. The van der Waals surface area contributed by atoms with Crippen molar-refractivity contribution in [2.75, 3.05) is 18.9 Å². The number of aromatic nitrogens is 3. The minimum atomic E-state index is -1.94. The second kappa shape index (κ2) is 6.16. The number of carbonyl (C=O) groups is 1. The van der Waals surface area contributed by atoms with Gasteiger partial charge in [0, 0.05) is 0 Å². The lowest BCUT2D eigenvalue weighted by atomic mass is 9.85. The first kappa shape index (κ1) is 17.7. The Balaban J connectivity index is 1.62. The molecule has 1 saturated carbocycles. The monoisotopic (exact) mass is 373 g/mol. The summed E-state index contributed by atoms with van der Waals surface area (Å²) in [5, 5.41) is 35.6. The molecule has 10 nitrogen and oxygen atoms in total. The molecule has 0 amide bonds. The van der Waals surface area contributed by atoms with Gasteiger partial charge in [0.2, 0.25) is 5.60 Å². The molecule has 2 fully saturated rings. The Hall–Kier alpha value is -2.74. The van der Waals surface area contributed by atoms with E-state index in [1.165, 1.54) is 16.9 Å². The second-order valence-corrected chi connectivity index (χ2v) is 7.01. The van der Waals surface area contributed by atoms with Gasteiger partial charge in [-0.25, -0.2) is 9.50 Å². The van der Waals surface area contributed by atoms with Crippen LogP contribution in [0, 0.1) is 17.2 Å². The molecule has 4 N–H and O–H groups in total. The molecule has 4 rings (SSSR count). The van der Waals surface area contributed by atoms with Gasteiger partial charge in [0.05, 0.1) is 18.2 Å². The van der Waals surface area contributed by atoms with Gasteiger partial charge >= 0.3 is 5.97 Å². The molecule has 3 atom stereocenters. The first-order valence-electron chi connectivity index (χ1n) is 8.62. The minimum absolute atomic E-state index is 0.174. The number of hydrogen-bond acceptors (Lipinski definition) is 9. The normalized spacial score (nSPS) is 30.8. The van der Waals surface area contributed by atoms with Crippen molar-refractivity contribution in [3.05, 3.63) is 24.2 Å². The molecule has 0 bridgehead atoms. The van der Waals surface area contributed by atoms with Crippen molar-refractivity contribution in [1.29, 1.82) is 5.26 Å². The number of fused-ring (bicyclic) bond motifs is 1. The molecule has 27 heavy (non-hydrogen) atoms. The molecule has 2 aliphatic rings. The van der Waals surface area contributed by atoms with Gasteiger partial charge in [0.1, 0.15) is 30.6 Å². The van der Waals surface area contributed by atoms with Crippen molar-refractivity contribution in [3.63, 3.8) is 0 Å². The number of rotatable bonds is 4. The highest BCUT2D eigenvalue weighted by molar-refractivity contribution is 5.73. The molecule has 1 saturated heterocycles. The summed E-state index contributed by atoms with van der Waals surface area (Å²) in [5.41, 5.74) is 2.62. The Kier molecular flexibility index (Phi) is 4.03. The van der Waals surface area contributed by atoms with Crippen molar-refractivity contribution >= 4 is 17.3 Å². The van der Waals surface area contributed by atoms with Gasteiger partial charge in [-0.2, -0.15) is 10.4 Å². The number of nitrogen functional groups attached to an aromatic ring is 1. The molecule has 1 aliphatic heterocycles. The summed E-state index contributed by atoms with van der Waals surface area (Å²) in [6, 6.07) is 4.98. The van der Waals surface area contributed by atoms with Crippen molar-refractivity contribution in [2.24, 2.45) is 5.92 Å². The number of ether oxygens (including phenoxy) is 2. The molecular weight excluding hydrogens is 354 g/mol. The average Bonchev–Trinajstić information content (AvgIpc) is 3.15. The summed E-state index contributed by atoms with van der Waals surface area (Å²) in [5.74, 6) is -0.391. The summed E-state index contributed by atoms with van der Waals surface area (Å²) in [7, 11) is 0. The van der Waals surface area contributed by atoms with E-state index in [-0.39, 0.29) is 24.0 Å². The van der Waals surface area contributed by atoms with E-state index in [9.17, 15) is 20.3 Å². The van der Waals surface area contributed by atoms with Gasteiger partial charge in [-0.15, -0.1) is 0 Å². The quantitative estimate of drug-likeness (QED) is 0.601. The average molecular weight is 373 g/mol. The predicted octanol–water partition coefficient (Wildman–Crippen LogP) is -0.504. The van der Waals surface area contributed by atoms with Crippen molar-refractivity contribution < 1.29 is 24.5 Å². The van der Waals surface area contributed by atoms with Gasteiger partial charge in [-0.3, -0.25) is 4.79 Å². The molecule has 3 heterocycles. The fraction of sp³-hybridized carbons (Fsp3) is 0.529. The summed E-state index contributed by atoms with van der Waals surface area (Å²) in [4.78, 5) is 15.9. The van der Waals surface area contributed by atoms with E-state index < -0.39 is 29.9 Å². The Morgan fingerprint density at radius 1 is 1.52 bits per heavy atom. The Morgan fingerprint density at radius 3 is 2.96 bits per heavy atom. The summed E-state index contributed by atoms with van der Waals surface area (Å²) < 4.78 is 12.0. The Labute approximate surface area is 154 Å². The summed E-state index contributed by atoms with van der Waals surface area (Å²) in [6.07, 6.45) is 2.02. The molecular formula is C17H19N5O5. The number of esters is 1. The van der Waals surface area contributed by atoms with Crippen LogP contribution in [0.3, 0.4) is 0 Å². The number of hydrogen-bond donors (Lipinski definition) is 3. The SMILES string of the molecule is N#C[C@]1(COC(=O)C2CCC2)OC[C@@](O)(c2ccc3c(N)ncnn23)[C@@H]1O. The van der Waals surface area contributed by atoms with E-state index in [1.54, 1.807) is 6.07 Å². The maximum atomic E-state index is 12.0. The molecule has 142 valence electrons. The summed E-state index contributed by atoms with van der Waals surface area (Å²) in [6.45, 7) is -0.846. The fourth-order valence-corrected chi connectivity index (χ4v) is 3.46. The highest BCUT2D eigenvalue weighted by Gasteiger charge is 2.61. The third-order valence-electron chi connectivity index (χ3n) is 5.43. The number of nitrogens with two attached hydrogens (primary N) is 1. The van der Waals surface area contributed by atoms with Crippen LogP contribution in [0.15, 0.2) is 18.5 Å². The number of anilines is 1. The first-order valence-corrected chi connectivity index (χ1v) is 8.62. The van der Waals surface area contributed by atoms with E-state index in [4.69, 9.17) is 15.2 Å². The number of carbonyl (C=O) groups excluding carboxylic acids is 1. The Morgan fingerprint density at radius 2 is 2.30 bits per heavy atom. The van der Waals surface area contributed by atoms with Crippen LogP contribution < -0.4 is 5.73 Å². The highest BCUT2D eigenvalue weighted by atomic mass is 16.6. The fourth-order valence-electron chi connectivity index (χ4n) is 3.46. The maximum Gasteiger partial charge on any atom is 0.309 e. The van der Waals surface area contributed by atoms with Crippen LogP contribution in [0.2, 0.25) is 0 Å². The van der Waals surface area contributed by atoms with Crippen LogP contribution in [0.5, 0.6) is 0 Å². The zero-order valence-corrected chi connectivity index (χ0v) is 14.4. The largest absolute Gasteiger partial charge is 0.461 e. The van der Waals surface area contributed by atoms with Gasteiger partial charge in [0.25, 0.3) is 0 Å². The van der Waals surface area contributed by atoms with Crippen molar-refractivity contribution in [3.8, 4) is 6.07 Å². The lowest BCUT2D eigenvalue weighted by molar-refractivity contribution is -0.161. The number of nitriles is 1. The lowest BCUT2D eigenvalue weighted by Gasteiger charge is -2.30. The molecule has 2 aromatic heterocycles. The number of aliphatic hydroxyl groups excluding tert-OH is 1. The van der Waals surface area contributed by atoms with Gasteiger partial charge in [-0.05, 0) is 25.0 Å². The van der Waals surface area contributed by atoms with E-state index >= 15 is 0 Å². The van der Waals surface area contributed by atoms with Crippen LogP contribution in [0.1, 0.15) is 25.0 Å². The molecule has 1 aliphatic carbocycles. The van der Waals surface area contributed by atoms with Crippen LogP contribution in [0.25, 0.3) is 5.52 Å². The minimum Gasteiger partial charge on any atom is -0.461 e. The van der Waals surface area contributed by atoms with E-state index in [0.717, 1.165) is 19.3 Å². The zero-order valence-electron chi connectivity index (χ0n) is 14.4. The maximum absolute atomic E-state index is 12.0. The number of aliphatic hydroxyl groups is 2. The molecule has 0 spiro atoms. The van der Waals surface area contributed by atoms with Crippen molar-refractivity contribution in [2.45, 2.75) is 36.6 Å². The smallest absolute Gasteiger partial charge is 0.309 e. The summed E-state index contributed by atoms with van der Waals surface area (Å²) >= 11 is 0. The topological polar surface area (TPSA) is 156 Å². The van der Waals surface area contributed by atoms with Crippen LogP contribution in [0.4, 0.5) is 5.82 Å². The standard InChI is InChI=1S/C17H19N5O5/c18-6-16(7-26-14(23)10-2-1-3-10)15(24)17(25,8-27-16)12-5-4-11-13(19)20-9-21-22(11)12/h4-5,9-10,15,24-25H,1-3,7-8H2,(H2,19,20,21)/t15-,16-,17-/m1/s1. The third-order valence-corrected chi connectivity index (χ3v) is 5.43. The van der Waals surface area contributed by atoms with Crippen LogP contribution in [-0.2, 0) is 19.9 Å². The van der Waals surface area contributed by atoms with Gasteiger partial charge < -0.3 is 25.4 Å². The molecule has 0 radical (unpaired) electrons. The van der Waals surface area contributed by atoms with E-state index in [1.807, 2.05) is 6.07 Å². The molecule has 2 aromatic rings. The molecule has 10 heteroatoms. The van der Waals surface area contributed by atoms with Crippen LogP contribution >= 0.6 is 0 Å². The molecule has 0 aromatic carbocycles. The van der Waals surface area contributed by atoms with Crippen molar-refractivity contribution in [1.82, 2.24) is 14.6 Å². The number of nitrogens with zero attached hydrogens (tertiary/aromatic N) is 4. The predicted molar refractivity (Wildman–Crippen MR) is 89.9 cm³/mol. The van der Waals surface area contributed by atoms with E-state index in [0.29, 0.717) is 5.52 Å². The molecule has 0 unspecified atom stereocenters.